The maximum absolute atomic E-state index is 12.2. The number of fused-ring (bicyclic) bond motifs is 1. The van der Waals surface area contributed by atoms with Gasteiger partial charge >= 0.3 is 6.03 Å². The second-order valence-electron chi connectivity index (χ2n) is 5.64. The summed E-state index contributed by atoms with van der Waals surface area (Å²) in [5.74, 6) is -0.493. The average molecular weight is 381 g/mol. The number of hydrogen-bond acceptors (Lipinski definition) is 4. The molecule has 1 aliphatic rings. The van der Waals surface area contributed by atoms with Gasteiger partial charge in [0.25, 0.3) is 5.91 Å². The SMILES string of the molecule is CCN1CCc2c(sc(NC(=O)Nc3ccccc3)c2C(N)=O)C1.Cl. The van der Waals surface area contributed by atoms with Gasteiger partial charge in [-0.05, 0) is 30.7 Å². The van der Waals surface area contributed by atoms with Crippen LogP contribution in [-0.2, 0) is 13.0 Å². The molecule has 0 fully saturated rings. The van der Waals surface area contributed by atoms with Gasteiger partial charge in [0.1, 0.15) is 5.00 Å². The summed E-state index contributed by atoms with van der Waals surface area (Å²) in [6.45, 7) is 4.76. The number of rotatable bonds is 4. The molecule has 0 aliphatic carbocycles. The smallest absolute Gasteiger partial charge is 0.324 e. The number of benzene rings is 1. The molecular weight excluding hydrogens is 360 g/mol. The highest BCUT2D eigenvalue weighted by Crippen LogP contribution is 2.36. The first kappa shape index (κ1) is 19.2. The molecule has 1 aromatic heterocycles. The first-order chi connectivity index (χ1) is 11.6. The maximum Gasteiger partial charge on any atom is 0.324 e. The van der Waals surface area contributed by atoms with Gasteiger partial charge in [0.2, 0.25) is 0 Å². The fraction of sp³-hybridized carbons (Fsp3) is 0.294. The van der Waals surface area contributed by atoms with Crippen LogP contribution in [0.1, 0.15) is 27.7 Å². The minimum absolute atomic E-state index is 0. The number of halogens is 1. The maximum atomic E-state index is 12.2. The lowest BCUT2D eigenvalue weighted by molar-refractivity contribution is 0.1000. The number of hydrogen-bond donors (Lipinski definition) is 3. The molecule has 4 N–H and O–H groups in total. The Morgan fingerprint density at radius 3 is 2.60 bits per heavy atom. The molecule has 134 valence electrons. The standard InChI is InChI=1S/C17H20N4O2S.ClH/c1-2-21-9-8-12-13(10-21)24-16(14(12)15(18)22)20-17(23)19-11-6-4-3-5-7-11;/h3-7H,2,8-10H2,1H3,(H2,18,22)(H2,19,20,23);1H. The molecule has 25 heavy (non-hydrogen) atoms. The molecule has 0 atom stereocenters. The Hall–Kier alpha value is -2.09. The third-order valence-electron chi connectivity index (χ3n) is 4.09. The van der Waals surface area contributed by atoms with E-state index in [-0.39, 0.29) is 18.4 Å². The number of amides is 3. The number of thiophene rings is 1. The van der Waals surface area contributed by atoms with Crippen LogP contribution in [0.3, 0.4) is 0 Å². The number of urea groups is 1. The van der Waals surface area contributed by atoms with Crippen molar-refractivity contribution in [2.75, 3.05) is 23.7 Å². The number of carbonyl (C=O) groups is 2. The number of para-hydroxylation sites is 1. The largest absolute Gasteiger partial charge is 0.365 e. The highest BCUT2D eigenvalue weighted by Gasteiger charge is 2.27. The summed E-state index contributed by atoms with van der Waals surface area (Å²) in [6, 6.07) is 8.78. The Balaban J connectivity index is 0.00000225. The first-order valence-corrected chi connectivity index (χ1v) is 8.70. The van der Waals surface area contributed by atoms with E-state index in [2.05, 4.69) is 22.5 Å². The zero-order chi connectivity index (χ0) is 17.1. The van der Waals surface area contributed by atoms with Crippen LogP contribution >= 0.6 is 23.7 Å². The third kappa shape index (κ3) is 4.31. The van der Waals surface area contributed by atoms with E-state index < -0.39 is 5.91 Å². The van der Waals surface area contributed by atoms with Gasteiger partial charge in [-0.1, -0.05) is 25.1 Å². The molecule has 1 aliphatic heterocycles. The molecule has 6 nitrogen and oxygen atoms in total. The molecule has 3 amide bonds. The van der Waals surface area contributed by atoms with Crippen LogP contribution in [0.2, 0.25) is 0 Å². The molecule has 0 unspecified atom stereocenters. The number of nitrogens with one attached hydrogen (secondary N) is 2. The minimum atomic E-state index is -0.493. The lowest BCUT2D eigenvalue weighted by atomic mass is 10.0. The molecule has 1 aromatic carbocycles. The van der Waals surface area contributed by atoms with Crippen molar-refractivity contribution in [3.05, 3.63) is 46.3 Å². The van der Waals surface area contributed by atoms with Gasteiger partial charge in [-0.2, -0.15) is 0 Å². The Labute approximate surface area is 156 Å². The highest BCUT2D eigenvalue weighted by molar-refractivity contribution is 7.17. The molecule has 8 heteroatoms. The number of primary amides is 1. The molecule has 0 radical (unpaired) electrons. The molecule has 2 heterocycles. The number of anilines is 2. The highest BCUT2D eigenvalue weighted by atomic mass is 35.5. The van der Waals surface area contributed by atoms with Gasteiger partial charge < -0.3 is 11.1 Å². The summed E-state index contributed by atoms with van der Waals surface area (Å²) < 4.78 is 0. The van der Waals surface area contributed by atoms with Gasteiger partial charge in [-0.3, -0.25) is 15.0 Å². The summed E-state index contributed by atoms with van der Waals surface area (Å²) in [5, 5.41) is 6.06. The quantitative estimate of drug-likeness (QED) is 0.760. The monoisotopic (exact) mass is 380 g/mol. The Bertz CT molecular complexity index is 764. The second kappa shape index (κ2) is 8.33. The van der Waals surface area contributed by atoms with Crippen LogP contribution < -0.4 is 16.4 Å². The van der Waals surface area contributed by atoms with E-state index in [9.17, 15) is 9.59 Å². The molecule has 3 rings (SSSR count). The minimum Gasteiger partial charge on any atom is -0.365 e. The summed E-state index contributed by atoms with van der Waals surface area (Å²) >= 11 is 1.43. The fourth-order valence-corrected chi connectivity index (χ4v) is 4.15. The predicted octanol–water partition coefficient (Wildman–Crippen LogP) is 3.29. The van der Waals surface area contributed by atoms with Gasteiger partial charge in [0.05, 0.1) is 5.56 Å². The second-order valence-corrected chi connectivity index (χ2v) is 6.74. The van der Waals surface area contributed by atoms with Crippen LogP contribution in [0.4, 0.5) is 15.5 Å². The zero-order valence-electron chi connectivity index (χ0n) is 13.9. The van der Waals surface area contributed by atoms with Crippen LogP contribution in [0.15, 0.2) is 30.3 Å². The van der Waals surface area contributed by atoms with Crippen LogP contribution in [0.25, 0.3) is 0 Å². The average Bonchev–Trinajstić information content (AvgIpc) is 2.92. The summed E-state index contributed by atoms with van der Waals surface area (Å²) in [6.07, 6.45) is 0.778. The molecule has 0 saturated heterocycles. The summed E-state index contributed by atoms with van der Waals surface area (Å²) in [7, 11) is 0. The lowest BCUT2D eigenvalue weighted by Crippen LogP contribution is -2.30. The van der Waals surface area contributed by atoms with Gasteiger partial charge in [0, 0.05) is 23.7 Å². The number of carbonyl (C=O) groups excluding carboxylic acids is 2. The van der Waals surface area contributed by atoms with Crippen molar-refractivity contribution in [3.63, 3.8) is 0 Å². The number of nitrogens with two attached hydrogens (primary N) is 1. The Kier molecular flexibility index (Phi) is 6.41. The zero-order valence-corrected chi connectivity index (χ0v) is 15.5. The van der Waals surface area contributed by atoms with E-state index in [1.807, 2.05) is 18.2 Å². The van der Waals surface area contributed by atoms with E-state index in [0.29, 0.717) is 16.3 Å². The van der Waals surface area contributed by atoms with Crippen molar-refractivity contribution in [3.8, 4) is 0 Å². The van der Waals surface area contributed by atoms with Crippen LogP contribution in [0, 0.1) is 0 Å². The molecule has 0 saturated carbocycles. The van der Waals surface area contributed by atoms with E-state index in [0.717, 1.165) is 36.5 Å². The molecule has 2 aromatic rings. The predicted molar refractivity (Wildman–Crippen MR) is 104 cm³/mol. The van der Waals surface area contributed by atoms with E-state index >= 15 is 0 Å². The molecule has 0 bridgehead atoms. The molecular formula is C17H21ClN4O2S. The summed E-state index contributed by atoms with van der Waals surface area (Å²) in [5.41, 5.74) is 7.68. The first-order valence-electron chi connectivity index (χ1n) is 7.88. The third-order valence-corrected chi connectivity index (χ3v) is 5.22. The lowest BCUT2D eigenvalue weighted by Gasteiger charge is -2.25. The van der Waals surface area contributed by atoms with E-state index in [1.165, 1.54) is 11.3 Å². The van der Waals surface area contributed by atoms with Crippen LogP contribution in [0.5, 0.6) is 0 Å². The Morgan fingerprint density at radius 1 is 1.24 bits per heavy atom. The van der Waals surface area contributed by atoms with Crippen molar-refractivity contribution < 1.29 is 9.59 Å². The summed E-state index contributed by atoms with van der Waals surface area (Å²) in [4.78, 5) is 27.5. The van der Waals surface area contributed by atoms with Crippen LogP contribution in [-0.4, -0.2) is 29.9 Å². The van der Waals surface area contributed by atoms with E-state index in [4.69, 9.17) is 5.73 Å². The molecule has 0 spiro atoms. The van der Waals surface area contributed by atoms with Crippen molar-refractivity contribution in [2.24, 2.45) is 5.73 Å². The van der Waals surface area contributed by atoms with Gasteiger partial charge in [-0.15, -0.1) is 23.7 Å². The van der Waals surface area contributed by atoms with Gasteiger partial charge in [0.15, 0.2) is 0 Å². The van der Waals surface area contributed by atoms with Gasteiger partial charge in [-0.25, -0.2) is 4.79 Å². The normalized spacial score (nSPS) is 13.5. The van der Waals surface area contributed by atoms with Crippen molar-refractivity contribution in [1.29, 1.82) is 0 Å². The number of nitrogens with zero attached hydrogens (tertiary/aromatic N) is 1. The van der Waals surface area contributed by atoms with Crippen molar-refractivity contribution in [2.45, 2.75) is 19.9 Å². The van der Waals surface area contributed by atoms with Crippen molar-refractivity contribution in [1.82, 2.24) is 4.90 Å². The van der Waals surface area contributed by atoms with E-state index in [1.54, 1.807) is 12.1 Å². The fourth-order valence-electron chi connectivity index (χ4n) is 2.86. The topological polar surface area (TPSA) is 87.5 Å². The number of likely N-dealkylation sites (N-methyl/N-ethyl adjacent to an activating group) is 1. The Morgan fingerprint density at radius 2 is 1.96 bits per heavy atom. The van der Waals surface area contributed by atoms with Crippen molar-refractivity contribution >= 4 is 46.4 Å².